The van der Waals surface area contributed by atoms with Crippen LogP contribution >= 0.6 is 0 Å². The normalized spacial score (nSPS) is 12.5. The number of ether oxygens (including phenoxy) is 1. The number of rotatable bonds is 10. The van der Waals surface area contributed by atoms with E-state index in [1.807, 2.05) is 18.2 Å². The molecule has 1 aromatic rings. The van der Waals surface area contributed by atoms with E-state index in [0.29, 0.717) is 12.6 Å². The predicted octanol–water partition coefficient (Wildman–Crippen LogP) is 3.13. The first-order chi connectivity index (χ1) is 8.33. The van der Waals surface area contributed by atoms with Gasteiger partial charge in [0.2, 0.25) is 0 Å². The van der Waals surface area contributed by atoms with Crippen LogP contribution in [0.4, 0.5) is 0 Å². The Labute approximate surface area is 104 Å². The van der Waals surface area contributed by atoms with Gasteiger partial charge in [-0.1, -0.05) is 6.08 Å². The number of allylic oxidation sites excluding steroid dienone is 1. The van der Waals surface area contributed by atoms with E-state index >= 15 is 0 Å². The largest absolute Gasteiger partial charge is 0.467 e. The van der Waals surface area contributed by atoms with Crippen molar-refractivity contribution in [1.82, 2.24) is 5.32 Å². The molecule has 1 aromatic heterocycles. The summed E-state index contributed by atoms with van der Waals surface area (Å²) < 4.78 is 10.7. The molecular formula is C14H23NO2. The van der Waals surface area contributed by atoms with Gasteiger partial charge in [0.15, 0.2) is 0 Å². The van der Waals surface area contributed by atoms with Gasteiger partial charge in [-0.25, -0.2) is 0 Å². The lowest BCUT2D eigenvalue weighted by Gasteiger charge is -2.12. The maximum absolute atomic E-state index is 5.49. The molecule has 1 heterocycles. The fraction of sp³-hybridized carbons (Fsp3) is 0.571. The van der Waals surface area contributed by atoms with E-state index in [1.54, 1.807) is 6.26 Å². The van der Waals surface area contributed by atoms with E-state index in [9.17, 15) is 0 Å². The van der Waals surface area contributed by atoms with Gasteiger partial charge in [-0.2, -0.15) is 0 Å². The van der Waals surface area contributed by atoms with Crippen molar-refractivity contribution in [1.29, 1.82) is 0 Å². The maximum Gasteiger partial charge on any atom is 0.129 e. The molecule has 3 nitrogen and oxygen atoms in total. The van der Waals surface area contributed by atoms with Crippen molar-refractivity contribution >= 4 is 0 Å². The average Bonchev–Trinajstić information content (AvgIpc) is 2.84. The van der Waals surface area contributed by atoms with Crippen molar-refractivity contribution in [2.24, 2.45) is 0 Å². The highest BCUT2D eigenvalue weighted by molar-refractivity contribution is 4.95. The SMILES string of the molecule is C=CCCC(C)NCCCOCc1ccco1. The quantitative estimate of drug-likeness (QED) is 0.501. The molecule has 0 aromatic carbocycles. The molecule has 0 bridgehead atoms. The molecule has 0 aliphatic heterocycles. The molecule has 1 atom stereocenters. The summed E-state index contributed by atoms with van der Waals surface area (Å²) in [6, 6.07) is 4.36. The number of hydrogen-bond acceptors (Lipinski definition) is 3. The van der Waals surface area contributed by atoms with Crippen LogP contribution in [-0.2, 0) is 11.3 Å². The summed E-state index contributed by atoms with van der Waals surface area (Å²) in [7, 11) is 0. The fourth-order valence-corrected chi connectivity index (χ4v) is 1.56. The topological polar surface area (TPSA) is 34.4 Å². The molecule has 0 amide bonds. The summed E-state index contributed by atoms with van der Waals surface area (Å²) in [6.07, 6.45) is 6.88. The third kappa shape index (κ3) is 6.97. The highest BCUT2D eigenvalue weighted by Gasteiger charge is 1.99. The second kappa shape index (κ2) is 9.02. The monoisotopic (exact) mass is 237 g/mol. The van der Waals surface area contributed by atoms with Crippen molar-refractivity contribution < 1.29 is 9.15 Å². The Morgan fingerprint density at radius 2 is 2.47 bits per heavy atom. The van der Waals surface area contributed by atoms with E-state index < -0.39 is 0 Å². The Morgan fingerprint density at radius 3 is 3.18 bits per heavy atom. The second-order valence-electron chi connectivity index (χ2n) is 4.21. The Kier molecular flexibility index (Phi) is 7.43. The van der Waals surface area contributed by atoms with Gasteiger partial charge in [-0.05, 0) is 44.9 Å². The van der Waals surface area contributed by atoms with Gasteiger partial charge < -0.3 is 14.5 Å². The Bertz CT molecular complexity index is 282. The van der Waals surface area contributed by atoms with Gasteiger partial charge in [0.1, 0.15) is 12.4 Å². The first-order valence-corrected chi connectivity index (χ1v) is 6.27. The van der Waals surface area contributed by atoms with Crippen LogP contribution in [-0.4, -0.2) is 19.2 Å². The van der Waals surface area contributed by atoms with Crippen LogP contribution in [0.3, 0.4) is 0 Å². The highest BCUT2D eigenvalue weighted by Crippen LogP contribution is 2.02. The molecule has 1 unspecified atom stereocenters. The third-order valence-corrected chi connectivity index (χ3v) is 2.59. The van der Waals surface area contributed by atoms with Crippen molar-refractivity contribution in [3.8, 4) is 0 Å². The molecule has 0 aliphatic rings. The second-order valence-corrected chi connectivity index (χ2v) is 4.21. The zero-order valence-electron chi connectivity index (χ0n) is 10.7. The standard InChI is InChI=1S/C14H23NO2/c1-3-4-7-13(2)15-9-6-10-16-12-14-8-5-11-17-14/h3,5,8,11,13,15H,1,4,6-7,9-10,12H2,2H3. The van der Waals surface area contributed by atoms with Crippen LogP contribution in [0.2, 0.25) is 0 Å². The minimum atomic E-state index is 0.554. The summed E-state index contributed by atoms with van der Waals surface area (Å²) in [6.45, 7) is 8.25. The van der Waals surface area contributed by atoms with Crippen molar-refractivity contribution in [2.75, 3.05) is 13.2 Å². The summed E-state index contributed by atoms with van der Waals surface area (Å²) >= 11 is 0. The average molecular weight is 237 g/mol. The molecule has 1 rings (SSSR count). The minimum Gasteiger partial charge on any atom is -0.467 e. The van der Waals surface area contributed by atoms with E-state index in [-0.39, 0.29) is 0 Å². The van der Waals surface area contributed by atoms with E-state index in [0.717, 1.165) is 38.2 Å². The van der Waals surface area contributed by atoms with Crippen molar-refractivity contribution in [3.05, 3.63) is 36.8 Å². The Hall–Kier alpha value is -1.06. The molecule has 3 heteroatoms. The molecule has 0 aliphatic carbocycles. The zero-order chi connectivity index (χ0) is 12.3. The summed E-state index contributed by atoms with van der Waals surface area (Å²) in [5.41, 5.74) is 0. The van der Waals surface area contributed by atoms with Crippen LogP contribution < -0.4 is 5.32 Å². The van der Waals surface area contributed by atoms with E-state index in [4.69, 9.17) is 9.15 Å². The fourth-order valence-electron chi connectivity index (χ4n) is 1.56. The lowest BCUT2D eigenvalue weighted by Crippen LogP contribution is -2.27. The van der Waals surface area contributed by atoms with Crippen LogP contribution in [0.1, 0.15) is 31.9 Å². The lowest BCUT2D eigenvalue weighted by molar-refractivity contribution is 0.103. The first-order valence-electron chi connectivity index (χ1n) is 6.27. The van der Waals surface area contributed by atoms with Gasteiger partial charge in [0, 0.05) is 12.6 Å². The van der Waals surface area contributed by atoms with E-state index in [1.165, 1.54) is 0 Å². The maximum atomic E-state index is 5.49. The molecule has 0 fully saturated rings. The molecular weight excluding hydrogens is 214 g/mol. The van der Waals surface area contributed by atoms with Crippen molar-refractivity contribution in [3.63, 3.8) is 0 Å². The van der Waals surface area contributed by atoms with Crippen LogP contribution in [0.5, 0.6) is 0 Å². The molecule has 0 radical (unpaired) electrons. The van der Waals surface area contributed by atoms with Crippen LogP contribution in [0.25, 0.3) is 0 Å². The van der Waals surface area contributed by atoms with Gasteiger partial charge in [0.25, 0.3) is 0 Å². The summed E-state index contributed by atoms with van der Waals surface area (Å²) in [5.74, 6) is 0.886. The molecule has 0 spiro atoms. The van der Waals surface area contributed by atoms with Gasteiger partial charge >= 0.3 is 0 Å². The molecule has 1 N–H and O–H groups in total. The van der Waals surface area contributed by atoms with Crippen LogP contribution in [0, 0.1) is 0 Å². The molecule has 17 heavy (non-hydrogen) atoms. The third-order valence-electron chi connectivity index (χ3n) is 2.59. The smallest absolute Gasteiger partial charge is 0.129 e. The molecule has 0 saturated heterocycles. The Balaban J connectivity index is 1.89. The number of nitrogens with one attached hydrogen (secondary N) is 1. The van der Waals surface area contributed by atoms with Gasteiger partial charge in [0.05, 0.1) is 6.26 Å². The van der Waals surface area contributed by atoms with Crippen molar-refractivity contribution in [2.45, 2.75) is 38.8 Å². The zero-order valence-corrected chi connectivity index (χ0v) is 10.7. The highest BCUT2D eigenvalue weighted by atomic mass is 16.5. The first kappa shape index (κ1) is 14.0. The molecule has 0 saturated carbocycles. The number of hydrogen-bond donors (Lipinski definition) is 1. The predicted molar refractivity (Wildman–Crippen MR) is 69.9 cm³/mol. The molecule has 96 valence electrons. The van der Waals surface area contributed by atoms with Gasteiger partial charge in [-0.15, -0.1) is 6.58 Å². The summed E-state index contributed by atoms with van der Waals surface area (Å²) in [5, 5.41) is 3.46. The summed E-state index contributed by atoms with van der Waals surface area (Å²) in [4.78, 5) is 0. The number of furan rings is 1. The minimum absolute atomic E-state index is 0.554. The van der Waals surface area contributed by atoms with E-state index in [2.05, 4.69) is 18.8 Å². The van der Waals surface area contributed by atoms with Gasteiger partial charge in [-0.3, -0.25) is 0 Å². The Morgan fingerprint density at radius 1 is 1.59 bits per heavy atom. The van der Waals surface area contributed by atoms with Crippen LogP contribution in [0.15, 0.2) is 35.5 Å². The lowest BCUT2D eigenvalue weighted by atomic mass is 10.2.